The molecule has 13 nitrogen and oxygen atoms in total. The first-order chi connectivity index (χ1) is 22.5. The minimum absolute atomic E-state index is 0.0108. The fourth-order valence-corrected chi connectivity index (χ4v) is 6.29. The quantitative estimate of drug-likeness (QED) is 0.225. The highest BCUT2D eigenvalue weighted by molar-refractivity contribution is 5.99. The number of carboxylic acids is 1. The van der Waals surface area contributed by atoms with Gasteiger partial charge in [0.2, 0.25) is 29.5 Å². The third kappa shape index (κ3) is 7.79. The van der Waals surface area contributed by atoms with Gasteiger partial charge in [-0.25, -0.2) is 0 Å². The molecule has 0 radical (unpaired) electrons. The molecule has 0 aliphatic carbocycles. The zero-order chi connectivity index (χ0) is 33.7. The number of H-pyrrole nitrogens is 1. The molecule has 47 heavy (non-hydrogen) atoms. The number of rotatable bonds is 7. The molecule has 5 atom stereocenters. The van der Waals surface area contributed by atoms with Crippen LogP contribution in [-0.4, -0.2) is 81.2 Å². The summed E-state index contributed by atoms with van der Waals surface area (Å²) in [6.45, 7) is 3.94. The smallest absolute Gasteiger partial charge is 0.305 e. The van der Waals surface area contributed by atoms with Crippen LogP contribution < -0.4 is 21.3 Å². The molecule has 248 valence electrons. The molecule has 0 unspecified atom stereocenters. The summed E-state index contributed by atoms with van der Waals surface area (Å²) in [4.78, 5) is 85.5. The third-order valence-corrected chi connectivity index (χ3v) is 8.59. The van der Waals surface area contributed by atoms with Gasteiger partial charge in [0.15, 0.2) is 0 Å². The van der Waals surface area contributed by atoms with Crippen molar-refractivity contribution in [2.24, 2.45) is 5.92 Å². The molecule has 3 heterocycles. The van der Waals surface area contributed by atoms with E-state index in [-0.39, 0.29) is 31.7 Å². The van der Waals surface area contributed by atoms with E-state index in [4.69, 9.17) is 0 Å². The summed E-state index contributed by atoms with van der Waals surface area (Å²) in [5, 5.41) is 21.4. The SMILES string of the molecule is CC(C)C[C@@H]1NC(=O)[C@@H](c2ccccc2)NC(=O)[C@@H]2CCCN2C(=O)[C@@H](CC(=O)O)NC(=O)[C@@H](Cc2c[nH]c3ccccc23)NC1=O. The lowest BCUT2D eigenvalue weighted by atomic mass is 9.99. The highest BCUT2D eigenvalue weighted by Crippen LogP contribution is 2.23. The lowest BCUT2D eigenvalue weighted by Gasteiger charge is -2.30. The van der Waals surface area contributed by atoms with Crippen LogP contribution >= 0.6 is 0 Å². The van der Waals surface area contributed by atoms with Crippen LogP contribution in [0.4, 0.5) is 0 Å². The second kappa shape index (κ2) is 14.5. The monoisotopic (exact) mass is 644 g/mol. The maximum absolute atomic E-state index is 13.9. The zero-order valence-electron chi connectivity index (χ0n) is 26.3. The van der Waals surface area contributed by atoms with Crippen molar-refractivity contribution in [2.75, 3.05) is 6.54 Å². The fourth-order valence-electron chi connectivity index (χ4n) is 6.29. The predicted molar refractivity (Wildman–Crippen MR) is 172 cm³/mol. The van der Waals surface area contributed by atoms with Gasteiger partial charge in [-0.3, -0.25) is 28.8 Å². The first-order valence-electron chi connectivity index (χ1n) is 15.9. The second-order valence-corrected chi connectivity index (χ2v) is 12.5. The summed E-state index contributed by atoms with van der Waals surface area (Å²) >= 11 is 0. The van der Waals surface area contributed by atoms with Gasteiger partial charge in [-0.05, 0) is 42.4 Å². The Labute approximate surface area is 271 Å². The molecular weight excluding hydrogens is 604 g/mol. The maximum atomic E-state index is 13.9. The van der Waals surface area contributed by atoms with Crippen molar-refractivity contribution in [3.8, 4) is 0 Å². The van der Waals surface area contributed by atoms with E-state index in [0.29, 0.717) is 17.5 Å². The van der Waals surface area contributed by atoms with Crippen molar-refractivity contribution in [2.45, 2.75) is 76.2 Å². The molecule has 2 saturated heterocycles. The average molecular weight is 645 g/mol. The number of carboxylic acid groups (broad SMARTS) is 1. The van der Waals surface area contributed by atoms with Gasteiger partial charge in [-0.1, -0.05) is 62.4 Å². The van der Waals surface area contributed by atoms with E-state index < -0.39 is 72.1 Å². The van der Waals surface area contributed by atoms with Crippen LogP contribution in [-0.2, 0) is 35.2 Å². The molecule has 2 fully saturated rings. The number of aliphatic carboxylic acids is 1. The van der Waals surface area contributed by atoms with Crippen molar-refractivity contribution in [1.82, 2.24) is 31.2 Å². The number of nitrogens with one attached hydrogen (secondary N) is 5. The molecule has 2 aliphatic heterocycles. The summed E-state index contributed by atoms with van der Waals surface area (Å²) in [6.07, 6.45) is 1.99. The van der Waals surface area contributed by atoms with Gasteiger partial charge in [-0.15, -0.1) is 0 Å². The molecule has 0 saturated carbocycles. The average Bonchev–Trinajstić information content (AvgIpc) is 3.69. The third-order valence-electron chi connectivity index (χ3n) is 8.59. The van der Waals surface area contributed by atoms with Crippen LogP contribution in [0, 0.1) is 5.92 Å². The van der Waals surface area contributed by atoms with Crippen molar-refractivity contribution < 1.29 is 33.9 Å². The number of hydrogen-bond donors (Lipinski definition) is 6. The number of hydrogen-bond acceptors (Lipinski definition) is 6. The Morgan fingerprint density at radius 1 is 0.830 bits per heavy atom. The van der Waals surface area contributed by atoms with Gasteiger partial charge in [0.25, 0.3) is 0 Å². The van der Waals surface area contributed by atoms with Crippen molar-refractivity contribution in [3.05, 3.63) is 71.9 Å². The molecule has 6 N–H and O–H groups in total. The number of amides is 5. The highest BCUT2D eigenvalue weighted by Gasteiger charge is 2.41. The number of fused-ring (bicyclic) bond motifs is 2. The number of aromatic amines is 1. The number of para-hydroxylation sites is 1. The van der Waals surface area contributed by atoms with Crippen molar-refractivity contribution in [1.29, 1.82) is 0 Å². The summed E-state index contributed by atoms with van der Waals surface area (Å²) in [7, 11) is 0. The molecule has 0 spiro atoms. The molecule has 5 rings (SSSR count). The van der Waals surface area contributed by atoms with Crippen LogP contribution in [0.1, 0.15) is 56.7 Å². The maximum Gasteiger partial charge on any atom is 0.305 e. The number of nitrogens with zero attached hydrogens (tertiary/aromatic N) is 1. The standard InChI is InChI=1S/C34H40N6O7/c1-19(2)15-24-30(43)36-25(16-21-18-35-23-12-7-6-11-22(21)23)31(44)38-26(17-28(41)42)34(47)40-14-8-13-27(40)32(45)39-29(33(46)37-24)20-9-4-3-5-10-20/h3-7,9-12,18-19,24-27,29,35H,8,13-17H2,1-2H3,(H,36,43)(H,37,46)(H,38,44)(H,39,45)(H,41,42)/t24-,25+,26+,27-,29+/m0/s1. The van der Waals surface area contributed by atoms with Crippen molar-refractivity contribution in [3.63, 3.8) is 0 Å². The van der Waals surface area contributed by atoms with Gasteiger partial charge in [0, 0.05) is 30.1 Å². The Morgan fingerprint density at radius 2 is 1.49 bits per heavy atom. The predicted octanol–water partition coefficient (Wildman–Crippen LogP) is 1.55. The molecule has 5 amide bonds. The first-order valence-corrected chi connectivity index (χ1v) is 15.9. The van der Waals surface area contributed by atoms with Gasteiger partial charge in [0.05, 0.1) is 6.42 Å². The van der Waals surface area contributed by atoms with Crippen LogP contribution in [0.3, 0.4) is 0 Å². The number of carbonyl (C=O) groups excluding carboxylic acids is 5. The highest BCUT2D eigenvalue weighted by atomic mass is 16.4. The number of carbonyl (C=O) groups is 6. The Kier molecular flexibility index (Phi) is 10.2. The lowest BCUT2D eigenvalue weighted by Crippen LogP contribution is -2.58. The van der Waals surface area contributed by atoms with Gasteiger partial charge >= 0.3 is 5.97 Å². The fraction of sp³-hybridized carbons (Fsp3) is 0.412. The van der Waals surface area contributed by atoms with E-state index in [1.54, 1.807) is 36.5 Å². The molecule has 0 bridgehead atoms. The summed E-state index contributed by atoms with van der Waals surface area (Å²) in [5.74, 6) is -4.73. The summed E-state index contributed by atoms with van der Waals surface area (Å²) in [5.41, 5.74) is 2.00. The van der Waals surface area contributed by atoms with Crippen LogP contribution in [0.2, 0.25) is 0 Å². The Morgan fingerprint density at radius 3 is 2.21 bits per heavy atom. The molecule has 13 heteroatoms. The molecular formula is C34H40N6O7. The molecule has 2 aliphatic rings. The zero-order valence-corrected chi connectivity index (χ0v) is 26.3. The summed E-state index contributed by atoms with van der Waals surface area (Å²) < 4.78 is 0. The van der Waals surface area contributed by atoms with Crippen LogP contribution in [0.15, 0.2) is 60.8 Å². The van der Waals surface area contributed by atoms with E-state index in [1.165, 1.54) is 4.90 Å². The van der Waals surface area contributed by atoms with Crippen LogP contribution in [0.5, 0.6) is 0 Å². The minimum atomic E-state index is -1.50. The number of benzene rings is 2. The minimum Gasteiger partial charge on any atom is -0.481 e. The Balaban J connectivity index is 1.56. The Bertz CT molecular complexity index is 1650. The van der Waals surface area contributed by atoms with Gasteiger partial charge < -0.3 is 36.3 Å². The topological polar surface area (TPSA) is 190 Å². The van der Waals surface area contributed by atoms with E-state index in [0.717, 1.165) is 10.9 Å². The van der Waals surface area contributed by atoms with Crippen molar-refractivity contribution >= 4 is 46.4 Å². The molecule has 1 aromatic heterocycles. The lowest BCUT2D eigenvalue weighted by molar-refractivity contribution is -0.146. The Hall–Kier alpha value is -5.20. The van der Waals surface area contributed by atoms with E-state index >= 15 is 0 Å². The van der Waals surface area contributed by atoms with E-state index in [9.17, 15) is 33.9 Å². The van der Waals surface area contributed by atoms with Crippen LogP contribution in [0.25, 0.3) is 10.9 Å². The molecule has 2 aromatic carbocycles. The number of aromatic nitrogens is 1. The second-order valence-electron chi connectivity index (χ2n) is 12.5. The first kappa shape index (κ1) is 33.2. The summed E-state index contributed by atoms with van der Waals surface area (Å²) in [6, 6.07) is 10.0. The van der Waals surface area contributed by atoms with Gasteiger partial charge in [-0.2, -0.15) is 0 Å². The molecule has 3 aromatic rings. The van der Waals surface area contributed by atoms with E-state index in [1.807, 2.05) is 38.1 Å². The normalized spacial score (nSPS) is 24.5. The van der Waals surface area contributed by atoms with E-state index in [2.05, 4.69) is 26.3 Å². The largest absolute Gasteiger partial charge is 0.481 e. The van der Waals surface area contributed by atoms with Gasteiger partial charge in [0.1, 0.15) is 30.2 Å².